The minimum absolute atomic E-state index is 0.0818. The lowest BCUT2D eigenvalue weighted by Gasteiger charge is -2.17. The molecule has 5 heteroatoms. The normalized spacial score (nSPS) is 12.0. The molecule has 0 radical (unpaired) electrons. The topological polar surface area (TPSA) is 56.2 Å². The highest BCUT2D eigenvalue weighted by Crippen LogP contribution is 2.23. The van der Waals surface area contributed by atoms with Crippen molar-refractivity contribution in [2.45, 2.75) is 53.6 Å². The quantitative estimate of drug-likeness (QED) is 0.320. The zero-order chi connectivity index (χ0) is 24.2. The van der Waals surface area contributed by atoms with E-state index in [4.69, 9.17) is 9.72 Å². The Morgan fingerprint density at radius 1 is 0.971 bits per heavy atom. The van der Waals surface area contributed by atoms with E-state index in [0.29, 0.717) is 12.2 Å². The number of amides is 1. The molecule has 0 saturated carbocycles. The van der Waals surface area contributed by atoms with Gasteiger partial charge in [-0.25, -0.2) is 4.98 Å². The predicted octanol–water partition coefficient (Wildman–Crippen LogP) is 6.23. The molecule has 176 valence electrons. The van der Waals surface area contributed by atoms with Gasteiger partial charge in [0.15, 0.2) is 0 Å². The van der Waals surface area contributed by atoms with Crippen LogP contribution in [0.15, 0.2) is 60.7 Å². The highest BCUT2D eigenvalue weighted by Gasteiger charge is 2.20. The summed E-state index contributed by atoms with van der Waals surface area (Å²) in [6, 6.07) is 20.0. The Labute approximate surface area is 201 Å². The van der Waals surface area contributed by atoms with Crippen LogP contribution >= 0.6 is 0 Å². The summed E-state index contributed by atoms with van der Waals surface area (Å²) >= 11 is 0. The monoisotopic (exact) mass is 455 g/mol. The Bertz CT molecular complexity index is 1320. The van der Waals surface area contributed by atoms with Crippen molar-refractivity contribution >= 4 is 16.9 Å². The largest absolute Gasteiger partial charge is 0.494 e. The van der Waals surface area contributed by atoms with E-state index >= 15 is 0 Å². The molecule has 0 saturated heterocycles. The van der Waals surface area contributed by atoms with Gasteiger partial charge in [0.25, 0.3) is 5.91 Å². The maximum absolute atomic E-state index is 13.0. The van der Waals surface area contributed by atoms with Crippen molar-refractivity contribution in [2.75, 3.05) is 6.61 Å². The van der Waals surface area contributed by atoms with Crippen molar-refractivity contribution < 1.29 is 9.53 Å². The summed E-state index contributed by atoms with van der Waals surface area (Å²) in [6.45, 7) is 11.6. The van der Waals surface area contributed by atoms with Crippen molar-refractivity contribution in [3.8, 4) is 5.75 Å². The van der Waals surface area contributed by atoms with Gasteiger partial charge in [-0.1, -0.05) is 35.9 Å². The molecule has 0 aliphatic carbocycles. The molecule has 1 N–H and O–H groups in total. The number of fused-ring (bicyclic) bond motifs is 1. The number of imidazole rings is 1. The maximum atomic E-state index is 13.0. The highest BCUT2D eigenvalue weighted by atomic mass is 16.5. The summed E-state index contributed by atoms with van der Waals surface area (Å²) in [4.78, 5) is 17.8. The van der Waals surface area contributed by atoms with Crippen LogP contribution in [-0.2, 0) is 6.54 Å². The average molecular weight is 456 g/mol. The lowest BCUT2D eigenvalue weighted by Crippen LogP contribution is -2.29. The van der Waals surface area contributed by atoms with Crippen LogP contribution in [0, 0.1) is 27.7 Å². The summed E-state index contributed by atoms with van der Waals surface area (Å²) in [7, 11) is 0. The Kier molecular flexibility index (Phi) is 7.01. The molecular formula is C29H33N3O2. The molecule has 1 aromatic heterocycles. The molecule has 0 aliphatic heterocycles. The first-order valence-electron chi connectivity index (χ1n) is 11.9. The minimum Gasteiger partial charge on any atom is -0.494 e. The summed E-state index contributed by atoms with van der Waals surface area (Å²) in [6.07, 6.45) is 0.831. The zero-order valence-electron chi connectivity index (χ0n) is 20.7. The van der Waals surface area contributed by atoms with Gasteiger partial charge in [-0.15, -0.1) is 0 Å². The third kappa shape index (κ3) is 5.14. The smallest absolute Gasteiger partial charge is 0.252 e. The molecule has 0 bridgehead atoms. The molecule has 34 heavy (non-hydrogen) atoms. The Balaban J connectivity index is 1.48. The van der Waals surface area contributed by atoms with Crippen LogP contribution in [0.4, 0.5) is 0 Å². The van der Waals surface area contributed by atoms with Gasteiger partial charge in [0.2, 0.25) is 0 Å². The van der Waals surface area contributed by atoms with Crippen molar-refractivity contribution in [1.82, 2.24) is 14.9 Å². The number of hydrogen-bond acceptors (Lipinski definition) is 3. The number of rotatable bonds is 8. The van der Waals surface area contributed by atoms with Crippen LogP contribution < -0.4 is 10.1 Å². The average Bonchev–Trinajstić information content (AvgIpc) is 3.17. The Morgan fingerprint density at radius 2 is 1.76 bits per heavy atom. The molecule has 1 atom stereocenters. The van der Waals surface area contributed by atoms with Crippen LogP contribution in [0.25, 0.3) is 11.0 Å². The Morgan fingerprint density at radius 3 is 2.53 bits per heavy atom. The van der Waals surface area contributed by atoms with Gasteiger partial charge >= 0.3 is 0 Å². The maximum Gasteiger partial charge on any atom is 0.252 e. The second-order valence-electron chi connectivity index (χ2n) is 9.07. The van der Waals surface area contributed by atoms with Crippen LogP contribution in [0.5, 0.6) is 5.75 Å². The van der Waals surface area contributed by atoms with Gasteiger partial charge < -0.3 is 14.6 Å². The van der Waals surface area contributed by atoms with Crippen LogP contribution in [0.2, 0.25) is 0 Å². The number of aromatic nitrogens is 2. The summed E-state index contributed by atoms with van der Waals surface area (Å²) < 4.78 is 8.19. The van der Waals surface area contributed by atoms with Crippen molar-refractivity contribution in [1.29, 1.82) is 0 Å². The zero-order valence-corrected chi connectivity index (χ0v) is 20.7. The molecule has 1 amide bonds. The van der Waals surface area contributed by atoms with Gasteiger partial charge in [-0.05, 0) is 88.1 Å². The van der Waals surface area contributed by atoms with E-state index in [1.807, 2.05) is 63.2 Å². The third-order valence-electron chi connectivity index (χ3n) is 6.32. The third-order valence-corrected chi connectivity index (χ3v) is 6.32. The molecule has 3 aromatic carbocycles. The van der Waals surface area contributed by atoms with Crippen molar-refractivity contribution in [3.05, 3.63) is 94.3 Å². The number of nitrogens with one attached hydrogen (secondary N) is 1. The van der Waals surface area contributed by atoms with Crippen molar-refractivity contribution in [2.24, 2.45) is 0 Å². The first-order chi connectivity index (χ1) is 16.3. The number of carbonyl (C=O) groups is 1. The number of ether oxygens (including phenoxy) is 1. The summed E-state index contributed by atoms with van der Waals surface area (Å²) in [5.41, 5.74) is 7.31. The number of carbonyl (C=O) groups excluding carboxylic acids is 1. The van der Waals surface area contributed by atoms with E-state index < -0.39 is 0 Å². The van der Waals surface area contributed by atoms with Gasteiger partial charge in [0.05, 0.1) is 23.7 Å². The minimum atomic E-state index is -0.235. The molecule has 0 spiro atoms. The SMILES string of the molecule is Cc1ccc(C(=O)NC(C)c2nc3ccccc3n2CCCOc2ccc(C)c(C)c2)c(C)c1. The Hall–Kier alpha value is -3.60. The molecule has 0 fully saturated rings. The number of hydrogen-bond donors (Lipinski definition) is 1. The van der Waals surface area contributed by atoms with Gasteiger partial charge in [0.1, 0.15) is 11.6 Å². The molecule has 5 nitrogen and oxygen atoms in total. The highest BCUT2D eigenvalue weighted by molar-refractivity contribution is 5.96. The molecule has 4 aromatic rings. The molecule has 4 rings (SSSR count). The van der Waals surface area contributed by atoms with E-state index in [1.54, 1.807) is 0 Å². The fourth-order valence-electron chi connectivity index (χ4n) is 4.28. The molecule has 0 aliphatic rings. The lowest BCUT2D eigenvalue weighted by molar-refractivity contribution is 0.0937. The molecule has 1 unspecified atom stereocenters. The molecular weight excluding hydrogens is 422 g/mol. The van der Waals surface area contributed by atoms with E-state index in [-0.39, 0.29) is 11.9 Å². The first kappa shape index (κ1) is 23.6. The first-order valence-corrected chi connectivity index (χ1v) is 11.9. The van der Waals surface area contributed by atoms with E-state index in [9.17, 15) is 4.79 Å². The van der Waals surface area contributed by atoms with Gasteiger partial charge in [0, 0.05) is 12.1 Å². The van der Waals surface area contributed by atoms with Crippen LogP contribution in [0.1, 0.15) is 57.8 Å². The lowest BCUT2D eigenvalue weighted by atomic mass is 10.0. The van der Waals surface area contributed by atoms with Crippen LogP contribution in [0.3, 0.4) is 0 Å². The summed E-state index contributed by atoms with van der Waals surface area (Å²) in [5.74, 6) is 1.67. The van der Waals surface area contributed by atoms with Crippen LogP contribution in [-0.4, -0.2) is 22.1 Å². The summed E-state index contributed by atoms with van der Waals surface area (Å²) in [5, 5.41) is 3.15. The second kappa shape index (κ2) is 10.1. The standard InChI is InChI=1S/C29H33N3O2/c1-19-11-14-25(22(4)17-19)29(33)30-23(5)28-31-26-9-6-7-10-27(26)32(28)15-8-16-34-24-13-12-20(2)21(3)18-24/h6-7,9-14,17-18,23H,8,15-16H2,1-5H3,(H,30,33). The fourth-order valence-corrected chi connectivity index (χ4v) is 4.28. The predicted molar refractivity (Wildman–Crippen MR) is 138 cm³/mol. The fraction of sp³-hybridized carbons (Fsp3) is 0.310. The van der Waals surface area contributed by atoms with Gasteiger partial charge in [-0.3, -0.25) is 4.79 Å². The molecule has 1 heterocycles. The van der Waals surface area contributed by atoms with E-state index in [1.165, 1.54) is 11.1 Å². The van der Waals surface area contributed by atoms with E-state index in [2.05, 4.69) is 41.9 Å². The van der Waals surface area contributed by atoms with Gasteiger partial charge in [-0.2, -0.15) is 0 Å². The second-order valence-corrected chi connectivity index (χ2v) is 9.07. The number of benzene rings is 3. The number of nitrogens with zero attached hydrogens (tertiary/aromatic N) is 2. The number of para-hydroxylation sites is 2. The van der Waals surface area contributed by atoms with Crippen molar-refractivity contribution in [3.63, 3.8) is 0 Å². The van der Waals surface area contributed by atoms with E-state index in [0.717, 1.165) is 46.7 Å². The number of aryl methyl sites for hydroxylation is 5.